The molecule has 9 heteroatoms. The third-order valence-electron chi connectivity index (χ3n) is 6.31. The quantitative estimate of drug-likeness (QED) is 0.589. The van der Waals surface area contributed by atoms with Gasteiger partial charge in [0.15, 0.2) is 11.5 Å². The molecule has 172 valence electrons. The van der Waals surface area contributed by atoms with Gasteiger partial charge in [-0.25, -0.2) is 0 Å². The lowest BCUT2D eigenvalue weighted by molar-refractivity contribution is -0.111. The lowest BCUT2D eigenvalue weighted by atomic mass is 9.93. The number of nitrogens with zero attached hydrogens (tertiary/aromatic N) is 4. The van der Waals surface area contributed by atoms with Gasteiger partial charge in [0.05, 0.1) is 11.7 Å². The number of rotatable bonds is 6. The first-order valence-corrected chi connectivity index (χ1v) is 12.1. The van der Waals surface area contributed by atoms with Gasteiger partial charge in [-0.1, -0.05) is 0 Å². The van der Waals surface area contributed by atoms with Gasteiger partial charge in [0.25, 0.3) is 5.91 Å². The van der Waals surface area contributed by atoms with Crippen LogP contribution in [0.2, 0.25) is 0 Å². The molecule has 1 amide bonds. The molecule has 1 aromatic heterocycles. The predicted molar refractivity (Wildman–Crippen MR) is 126 cm³/mol. The molecule has 33 heavy (non-hydrogen) atoms. The number of nitriles is 1. The number of ether oxygens (including phenoxy) is 1. The highest BCUT2D eigenvalue weighted by atomic mass is 79.9. The zero-order valence-corrected chi connectivity index (χ0v) is 19.8. The van der Waals surface area contributed by atoms with Crippen LogP contribution in [0.25, 0.3) is 0 Å². The molecule has 1 aliphatic carbocycles. The average Bonchev–Trinajstić information content (AvgIpc) is 2.85. The van der Waals surface area contributed by atoms with Gasteiger partial charge in [-0.2, -0.15) is 5.26 Å². The van der Waals surface area contributed by atoms with Gasteiger partial charge in [-0.05, 0) is 84.8 Å². The Morgan fingerprint density at radius 1 is 1.12 bits per heavy atom. The van der Waals surface area contributed by atoms with Crippen LogP contribution in [0.3, 0.4) is 0 Å². The van der Waals surface area contributed by atoms with Crippen molar-refractivity contribution in [3.05, 3.63) is 46.1 Å². The number of amides is 1. The summed E-state index contributed by atoms with van der Waals surface area (Å²) in [6, 6.07) is 11.1. The molecule has 2 aliphatic rings. The first-order valence-electron chi connectivity index (χ1n) is 11.3. The number of nitrogens with one attached hydrogen (secondary N) is 1. The Morgan fingerprint density at radius 2 is 1.88 bits per heavy atom. The summed E-state index contributed by atoms with van der Waals surface area (Å²) >= 11 is 3.39. The van der Waals surface area contributed by atoms with Crippen LogP contribution in [0.1, 0.15) is 54.6 Å². The van der Waals surface area contributed by atoms with E-state index in [2.05, 4.69) is 42.4 Å². The molecule has 0 unspecified atom stereocenters. The van der Waals surface area contributed by atoms with E-state index >= 15 is 0 Å². The second-order valence-electron chi connectivity index (χ2n) is 8.56. The molecule has 2 fully saturated rings. The van der Waals surface area contributed by atoms with Crippen LogP contribution >= 0.6 is 15.9 Å². The van der Waals surface area contributed by atoms with E-state index in [1.165, 1.54) is 0 Å². The number of hydrogen-bond donors (Lipinski definition) is 1. The van der Waals surface area contributed by atoms with Crippen molar-refractivity contribution in [3.8, 4) is 11.8 Å². The van der Waals surface area contributed by atoms with Gasteiger partial charge < -0.3 is 19.7 Å². The van der Waals surface area contributed by atoms with Crippen LogP contribution < -0.4 is 15.0 Å². The Bertz CT molecular complexity index is 1020. The maximum absolute atomic E-state index is 12.6. The second-order valence-corrected chi connectivity index (χ2v) is 9.41. The van der Waals surface area contributed by atoms with Gasteiger partial charge in [-0.3, -0.25) is 4.79 Å². The van der Waals surface area contributed by atoms with Gasteiger partial charge in [0.1, 0.15) is 18.1 Å². The number of anilines is 1. The van der Waals surface area contributed by atoms with Gasteiger partial charge in [0, 0.05) is 29.5 Å². The highest BCUT2D eigenvalue weighted by molar-refractivity contribution is 9.10. The van der Waals surface area contributed by atoms with Crippen molar-refractivity contribution in [3.63, 3.8) is 0 Å². The maximum Gasteiger partial charge on any atom is 0.272 e. The Labute approximate surface area is 201 Å². The number of carbonyl (C=O) groups is 2. The number of aldehydes is 1. The topological polar surface area (TPSA) is 108 Å². The first kappa shape index (κ1) is 23.2. The van der Waals surface area contributed by atoms with Crippen LogP contribution in [0.5, 0.6) is 5.75 Å². The molecule has 2 heterocycles. The maximum atomic E-state index is 12.6. The molecule has 0 spiro atoms. The lowest BCUT2D eigenvalue weighted by Gasteiger charge is -2.30. The summed E-state index contributed by atoms with van der Waals surface area (Å²) in [6.45, 7) is 1.54. The number of piperidine rings is 1. The van der Waals surface area contributed by atoms with Crippen LogP contribution in [-0.4, -0.2) is 47.6 Å². The van der Waals surface area contributed by atoms with Gasteiger partial charge in [0.2, 0.25) is 0 Å². The molecule has 0 atom stereocenters. The first-order chi connectivity index (χ1) is 16.1. The fourth-order valence-electron chi connectivity index (χ4n) is 4.32. The van der Waals surface area contributed by atoms with Crippen LogP contribution in [0.4, 0.5) is 5.82 Å². The molecule has 1 N–H and O–H groups in total. The van der Waals surface area contributed by atoms with E-state index in [0.29, 0.717) is 11.3 Å². The number of hydrogen-bond acceptors (Lipinski definition) is 7. The molecule has 2 aromatic rings. The van der Waals surface area contributed by atoms with Crippen LogP contribution in [-0.2, 0) is 4.79 Å². The molecular formula is C24H26BrN5O3. The molecular weight excluding hydrogens is 486 g/mol. The summed E-state index contributed by atoms with van der Waals surface area (Å²) in [5, 5.41) is 20.4. The van der Waals surface area contributed by atoms with E-state index in [1.54, 1.807) is 12.1 Å². The summed E-state index contributed by atoms with van der Waals surface area (Å²) in [4.78, 5) is 25.6. The fourth-order valence-corrected chi connectivity index (χ4v) is 4.76. The minimum absolute atomic E-state index is 0.0777. The average molecular weight is 512 g/mol. The SMILES string of the molecule is N#Cc1ccc(OC2CCC(NC(=O)c3ccc(N4CCC(C=O)CC4)nn3)CC2)cc1Br. The van der Waals surface area contributed by atoms with Crippen molar-refractivity contribution in [2.24, 2.45) is 5.92 Å². The van der Waals surface area contributed by atoms with E-state index < -0.39 is 0 Å². The van der Waals surface area contributed by atoms with Crippen molar-refractivity contribution in [2.45, 2.75) is 50.7 Å². The highest BCUT2D eigenvalue weighted by Gasteiger charge is 2.25. The third kappa shape index (κ3) is 5.88. The highest BCUT2D eigenvalue weighted by Crippen LogP contribution is 2.27. The zero-order valence-electron chi connectivity index (χ0n) is 18.2. The summed E-state index contributed by atoms with van der Waals surface area (Å²) in [6.07, 6.45) is 6.08. The van der Waals surface area contributed by atoms with Crippen molar-refractivity contribution in [1.82, 2.24) is 15.5 Å². The van der Waals surface area contributed by atoms with Gasteiger partial charge in [-0.15, -0.1) is 10.2 Å². The van der Waals surface area contributed by atoms with Crippen molar-refractivity contribution >= 4 is 33.9 Å². The molecule has 4 rings (SSSR count). The van der Waals surface area contributed by atoms with E-state index in [1.807, 2.05) is 18.2 Å². The molecule has 8 nitrogen and oxygen atoms in total. The minimum atomic E-state index is -0.214. The molecule has 0 radical (unpaired) electrons. The molecule has 1 saturated heterocycles. The standard InChI is InChI=1S/C24H26BrN5O3/c25-21-13-20(4-1-17(21)14-26)33-19-5-2-18(3-6-19)27-24(32)22-7-8-23(29-28-22)30-11-9-16(15-31)10-12-30/h1,4,7-8,13,15-16,18-19H,2-3,5-6,9-12H2,(H,27,32). The van der Waals surface area contributed by atoms with E-state index in [0.717, 1.165) is 73.9 Å². The fraction of sp³-hybridized carbons (Fsp3) is 0.458. The molecule has 1 aromatic carbocycles. The van der Waals surface area contributed by atoms with Crippen LogP contribution in [0.15, 0.2) is 34.8 Å². The predicted octanol–water partition coefficient (Wildman–Crippen LogP) is 3.65. The van der Waals surface area contributed by atoms with Crippen LogP contribution in [0, 0.1) is 17.2 Å². The lowest BCUT2D eigenvalue weighted by Crippen LogP contribution is -2.40. The molecule has 1 saturated carbocycles. The number of benzene rings is 1. The van der Waals surface area contributed by atoms with Gasteiger partial charge >= 0.3 is 0 Å². The Hall–Kier alpha value is -2.99. The van der Waals surface area contributed by atoms with E-state index in [9.17, 15) is 9.59 Å². The molecule has 1 aliphatic heterocycles. The summed E-state index contributed by atoms with van der Waals surface area (Å²) in [5.74, 6) is 1.39. The minimum Gasteiger partial charge on any atom is -0.490 e. The monoisotopic (exact) mass is 511 g/mol. The number of carbonyl (C=O) groups excluding carboxylic acids is 2. The normalized spacial score (nSPS) is 21.2. The Balaban J connectivity index is 1.24. The smallest absolute Gasteiger partial charge is 0.272 e. The third-order valence-corrected chi connectivity index (χ3v) is 6.97. The van der Waals surface area contributed by atoms with E-state index in [-0.39, 0.29) is 24.0 Å². The molecule has 0 bridgehead atoms. The Morgan fingerprint density at radius 3 is 2.48 bits per heavy atom. The van der Waals surface area contributed by atoms with Crippen molar-refractivity contribution < 1.29 is 14.3 Å². The van der Waals surface area contributed by atoms with Crippen molar-refractivity contribution in [2.75, 3.05) is 18.0 Å². The van der Waals surface area contributed by atoms with Crippen molar-refractivity contribution in [1.29, 1.82) is 5.26 Å². The van der Waals surface area contributed by atoms with E-state index in [4.69, 9.17) is 10.00 Å². The Kier molecular flexibility index (Phi) is 7.55. The second kappa shape index (κ2) is 10.8. The summed E-state index contributed by atoms with van der Waals surface area (Å²) in [5.41, 5.74) is 0.884. The largest absolute Gasteiger partial charge is 0.490 e. The number of halogens is 1. The zero-order chi connectivity index (χ0) is 23.2. The summed E-state index contributed by atoms with van der Waals surface area (Å²) < 4.78 is 6.78. The number of aromatic nitrogens is 2. The summed E-state index contributed by atoms with van der Waals surface area (Å²) in [7, 11) is 0.